The van der Waals surface area contributed by atoms with E-state index < -0.39 is 0 Å². The fourth-order valence-electron chi connectivity index (χ4n) is 1.82. The van der Waals surface area contributed by atoms with Gasteiger partial charge in [-0.2, -0.15) is 0 Å². The largest absolute Gasteiger partial charge is 0.497 e. The van der Waals surface area contributed by atoms with Crippen LogP contribution in [0.15, 0.2) is 48.5 Å². The topological polar surface area (TPSA) is 56.5 Å². The first kappa shape index (κ1) is 14.1. The van der Waals surface area contributed by atoms with Crippen molar-refractivity contribution in [2.75, 3.05) is 31.3 Å². The van der Waals surface area contributed by atoms with Crippen molar-refractivity contribution in [3.05, 3.63) is 48.5 Å². The molecule has 0 aliphatic rings. The fraction of sp³-hybridized carbons (Fsp3) is 0.250. The normalized spacial score (nSPS) is 10.1. The molecule has 0 atom stereocenters. The number of methoxy groups -OCH3 is 1. The van der Waals surface area contributed by atoms with E-state index in [0.29, 0.717) is 6.61 Å². The lowest BCUT2D eigenvalue weighted by atomic mass is 10.2. The summed E-state index contributed by atoms with van der Waals surface area (Å²) < 4.78 is 10.8. The first-order valence-electron chi connectivity index (χ1n) is 6.65. The zero-order chi connectivity index (χ0) is 14.2. The molecule has 2 aromatic carbocycles. The lowest BCUT2D eigenvalue weighted by Gasteiger charge is -2.11. The van der Waals surface area contributed by atoms with Crippen molar-refractivity contribution in [3.8, 4) is 11.5 Å². The highest BCUT2D eigenvalue weighted by molar-refractivity contribution is 5.68. The molecule has 0 unspecified atom stereocenters. The number of benzene rings is 2. The van der Waals surface area contributed by atoms with Gasteiger partial charge in [0.1, 0.15) is 11.5 Å². The molecule has 0 radical (unpaired) electrons. The van der Waals surface area contributed by atoms with Gasteiger partial charge in [-0.1, -0.05) is 18.2 Å². The molecule has 0 bridgehead atoms. The number of hydrogen-bond donors (Lipinski definition) is 2. The molecule has 0 saturated carbocycles. The minimum Gasteiger partial charge on any atom is -0.497 e. The summed E-state index contributed by atoms with van der Waals surface area (Å²) in [5, 5.41) is 3.29. The lowest BCUT2D eigenvalue weighted by molar-refractivity contribution is 0.315. The van der Waals surface area contributed by atoms with Crippen molar-refractivity contribution in [3.63, 3.8) is 0 Å². The summed E-state index contributed by atoms with van der Waals surface area (Å²) >= 11 is 0. The molecule has 0 aliphatic carbocycles. The van der Waals surface area contributed by atoms with Crippen LogP contribution in [-0.4, -0.2) is 20.3 Å². The van der Waals surface area contributed by atoms with E-state index in [2.05, 4.69) is 5.32 Å². The second kappa shape index (κ2) is 7.28. The quantitative estimate of drug-likeness (QED) is 0.600. The van der Waals surface area contributed by atoms with Gasteiger partial charge in [0.2, 0.25) is 0 Å². The zero-order valence-corrected chi connectivity index (χ0v) is 11.6. The molecule has 0 spiro atoms. The van der Waals surface area contributed by atoms with Crippen LogP contribution in [0.25, 0.3) is 0 Å². The van der Waals surface area contributed by atoms with Gasteiger partial charge in [-0.15, -0.1) is 0 Å². The first-order chi connectivity index (χ1) is 9.79. The Balaban J connectivity index is 1.73. The summed E-state index contributed by atoms with van der Waals surface area (Å²) in [5.41, 5.74) is 7.51. The number of nitrogen functional groups attached to an aromatic ring is 1. The van der Waals surface area contributed by atoms with Crippen molar-refractivity contribution in [2.24, 2.45) is 0 Å². The van der Waals surface area contributed by atoms with Gasteiger partial charge in [0, 0.05) is 12.6 Å². The molecule has 2 rings (SSSR count). The number of para-hydroxylation sites is 1. The summed E-state index contributed by atoms with van der Waals surface area (Å²) in [7, 11) is 1.64. The molecule has 20 heavy (non-hydrogen) atoms. The maximum Gasteiger partial charge on any atom is 0.121 e. The molecule has 0 aromatic heterocycles. The fourth-order valence-corrected chi connectivity index (χ4v) is 1.82. The molecule has 106 valence electrons. The van der Waals surface area contributed by atoms with Gasteiger partial charge in [-0.25, -0.2) is 0 Å². The second-order valence-corrected chi connectivity index (χ2v) is 4.40. The van der Waals surface area contributed by atoms with E-state index in [-0.39, 0.29) is 0 Å². The number of rotatable bonds is 7. The van der Waals surface area contributed by atoms with Gasteiger partial charge in [0.15, 0.2) is 0 Å². The number of ether oxygens (including phenoxy) is 2. The van der Waals surface area contributed by atoms with Crippen LogP contribution in [-0.2, 0) is 0 Å². The molecule has 4 heteroatoms. The molecule has 0 saturated heterocycles. The third kappa shape index (κ3) is 4.09. The van der Waals surface area contributed by atoms with Crippen molar-refractivity contribution in [2.45, 2.75) is 6.42 Å². The standard InChI is InChI=1S/C16H20N2O2/c1-19-14-8-9-15(17)16(12-14)18-10-5-11-20-13-6-3-2-4-7-13/h2-4,6-9,12,18H,5,10-11,17H2,1H3. The molecule has 0 heterocycles. The third-order valence-electron chi connectivity index (χ3n) is 2.91. The van der Waals surface area contributed by atoms with Crippen LogP contribution in [0.2, 0.25) is 0 Å². The van der Waals surface area contributed by atoms with Gasteiger partial charge in [-0.05, 0) is 30.7 Å². The third-order valence-corrected chi connectivity index (χ3v) is 2.91. The predicted molar refractivity (Wildman–Crippen MR) is 82.5 cm³/mol. The van der Waals surface area contributed by atoms with E-state index in [0.717, 1.165) is 35.8 Å². The summed E-state index contributed by atoms with van der Waals surface area (Å²) in [6, 6.07) is 15.4. The van der Waals surface area contributed by atoms with Crippen LogP contribution in [0.3, 0.4) is 0 Å². The Morgan fingerprint density at radius 2 is 1.85 bits per heavy atom. The molecule has 3 N–H and O–H groups in total. The van der Waals surface area contributed by atoms with Gasteiger partial charge in [-0.3, -0.25) is 0 Å². The van der Waals surface area contributed by atoms with Crippen LogP contribution in [0.1, 0.15) is 6.42 Å². The maximum atomic E-state index is 5.90. The van der Waals surface area contributed by atoms with Crippen molar-refractivity contribution >= 4 is 11.4 Å². The number of nitrogens with one attached hydrogen (secondary N) is 1. The van der Waals surface area contributed by atoms with Crippen LogP contribution in [0.4, 0.5) is 11.4 Å². The minimum absolute atomic E-state index is 0.668. The van der Waals surface area contributed by atoms with Crippen LogP contribution >= 0.6 is 0 Å². The van der Waals surface area contributed by atoms with E-state index >= 15 is 0 Å². The highest BCUT2D eigenvalue weighted by atomic mass is 16.5. The Morgan fingerprint density at radius 3 is 2.60 bits per heavy atom. The average molecular weight is 272 g/mol. The minimum atomic E-state index is 0.668. The van der Waals surface area contributed by atoms with Gasteiger partial charge in [0.25, 0.3) is 0 Å². The van der Waals surface area contributed by atoms with Gasteiger partial charge >= 0.3 is 0 Å². The summed E-state index contributed by atoms with van der Waals surface area (Å²) in [6.45, 7) is 1.46. The highest BCUT2D eigenvalue weighted by Gasteiger charge is 2.00. The van der Waals surface area contributed by atoms with Gasteiger partial charge in [0.05, 0.1) is 25.1 Å². The molecule has 4 nitrogen and oxygen atoms in total. The Bertz CT molecular complexity index is 529. The lowest BCUT2D eigenvalue weighted by Crippen LogP contribution is -2.08. The SMILES string of the molecule is COc1ccc(N)c(NCCCOc2ccccc2)c1. The average Bonchev–Trinajstić information content (AvgIpc) is 2.50. The van der Waals surface area contributed by atoms with E-state index in [1.54, 1.807) is 7.11 Å². The zero-order valence-electron chi connectivity index (χ0n) is 11.6. The summed E-state index contributed by atoms with van der Waals surface area (Å²) in [5.74, 6) is 1.69. The van der Waals surface area contributed by atoms with Crippen LogP contribution < -0.4 is 20.5 Å². The molecular weight excluding hydrogens is 252 g/mol. The summed E-state index contributed by atoms with van der Waals surface area (Å²) in [4.78, 5) is 0. The van der Waals surface area contributed by atoms with Crippen molar-refractivity contribution in [1.29, 1.82) is 0 Å². The van der Waals surface area contributed by atoms with Crippen molar-refractivity contribution in [1.82, 2.24) is 0 Å². The Hall–Kier alpha value is -2.36. The van der Waals surface area contributed by atoms with E-state index in [9.17, 15) is 0 Å². The number of hydrogen-bond acceptors (Lipinski definition) is 4. The molecular formula is C16H20N2O2. The molecule has 0 amide bonds. The smallest absolute Gasteiger partial charge is 0.121 e. The molecule has 0 fully saturated rings. The number of anilines is 2. The Labute approximate surface area is 119 Å². The predicted octanol–water partition coefficient (Wildman–Crippen LogP) is 3.16. The van der Waals surface area contributed by atoms with E-state index in [1.807, 2.05) is 48.5 Å². The summed E-state index contributed by atoms with van der Waals surface area (Å²) in [6.07, 6.45) is 0.894. The number of nitrogens with two attached hydrogens (primary N) is 1. The molecule has 0 aliphatic heterocycles. The maximum absolute atomic E-state index is 5.90. The van der Waals surface area contributed by atoms with Crippen LogP contribution in [0.5, 0.6) is 11.5 Å². The molecule has 2 aromatic rings. The monoisotopic (exact) mass is 272 g/mol. The first-order valence-corrected chi connectivity index (χ1v) is 6.65. The Kier molecular flexibility index (Phi) is 5.12. The van der Waals surface area contributed by atoms with Gasteiger partial charge < -0.3 is 20.5 Å². The highest BCUT2D eigenvalue weighted by Crippen LogP contribution is 2.24. The Morgan fingerprint density at radius 1 is 1.05 bits per heavy atom. The van der Waals surface area contributed by atoms with Crippen molar-refractivity contribution < 1.29 is 9.47 Å². The second-order valence-electron chi connectivity index (χ2n) is 4.40. The van der Waals surface area contributed by atoms with E-state index in [4.69, 9.17) is 15.2 Å². The van der Waals surface area contributed by atoms with Crippen LogP contribution in [0, 0.1) is 0 Å². The van der Waals surface area contributed by atoms with E-state index in [1.165, 1.54) is 0 Å².